The summed E-state index contributed by atoms with van der Waals surface area (Å²) in [6.45, 7) is 6.52. The summed E-state index contributed by atoms with van der Waals surface area (Å²) in [6.07, 6.45) is 11.2. The summed E-state index contributed by atoms with van der Waals surface area (Å²) >= 11 is 0. The van der Waals surface area contributed by atoms with E-state index in [0.29, 0.717) is 5.54 Å². The van der Waals surface area contributed by atoms with Crippen molar-refractivity contribution in [2.75, 3.05) is 24.5 Å². The zero-order chi connectivity index (χ0) is 19.7. The molecule has 0 amide bonds. The quantitative estimate of drug-likeness (QED) is 0.672. The molecule has 2 aliphatic heterocycles. The number of nitrogens with zero attached hydrogens (tertiary/aromatic N) is 5. The largest absolute Gasteiger partial charge is 0.356 e. The van der Waals surface area contributed by atoms with Crippen molar-refractivity contribution in [3.63, 3.8) is 0 Å². The smallest absolute Gasteiger partial charge is 0.128 e. The lowest BCUT2D eigenvalue weighted by molar-refractivity contribution is 0.0996. The maximum Gasteiger partial charge on any atom is 0.128 e. The van der Waals surface area contributed by atoms with Gasteiger partial charge in [-0.25, -0.2) is 9.67 Å². The lowest BCUT2D eigenvalue weighted by Crippen LogP contribution is -2.52. The molecule has 4 heterocycles. The van der Waals surface area contributed by atoms with Crippen LogP contribution < -0.4 is 4.90 Å². The molecule has 2 aromatic heterocycles. The van der Waals surface area contributed by atoms with Gasteiger partial charge < -0.3 is 4.90 Å². The molecule has 29 heavy (non-hydrogen) atoms. The van der Waals surface area contributed by atoms with Gasteiger partial charge in [-0.15, -0.1) is 0 Å². The molecular formula is C24H29N5. The minimum absolute atomic E-state index is 0.343. The SMILES string of the molecule is Cc1ccccc1-n1cc(CN2CCCC23CCN(c2ccccn2)CC3)cn1. The zero-order valence-corrected chi connectivity index (χ0v) is 17.2. The molecular weight excluding hydrogens is 358 g/mol. The Balaban J connectivity index is 1.28. The van der Waals surface area contributed by atoms with Crippen LogP contribution >= 0.6 is 0 Å². The minimum Gasteiger partial charge on any atom is -0.356 e. The lowest BCUT2D eigenvalue weighted by Gasteiger charge is -2.45. The highest BCUT2D eigenvalue weighted by Gasteiger charge is 2.43. The number of rotatable bonds is 4. The molecule has 2 aliphatic rings. The summed E-state index contributed by atoms with van der Waals surface area (Å²) in [4.78, 5) is 9.71. The summed E-state index contributed by atoms with van der Waals surface area (Å²) in [5, 5.41) is 4.65. The maximum absolute atomic E-state index is 4.65. The number of aromatic nitrogens is 3. The van der Waals surface area contributed by atoms with E-state index in [1.54, 1.807) is 0 Å². The van der Waals surface area contributed by atoms with Gasteiger partial charge in [-0.3, -0.25) is 4.90 Å². The molecule has 5 nitrogen and oxygen atoms in total. The number of piperidine rings is 1. The molecule has 0 aliphatic carbocycles. The highest BCUT2D eigenvalue weighted by atomic mass is 15.3. The first kappa shape index (κ1) is 18.4. The molecule has 0 saturated carbocycles. The molecule has 1 aromatic carbocycles. The minimum atomic E-state index is 0.343. The van der Waals surface area contributed by atoms with E-state index < -0.39 is 0 Å². The van der Waals surface area contributed by atoms with Crippen molar-refractivity contribution in [1.82, 2.24) is 19.7 Å². The summed E-state index contributed by atoms with van der Waals surface area (Å²) in [5.41, 5.74) is 4.07. The molecule has 2 saturated heterocycles. The zero-order valence-electron chi connectivity index (χ0n) is 17.2. The van der Waals surface area contributed by atoms with Crippen LogP contribution in [0.3, 0.4) is 0 Å². The maximum atomic E-state index is 4.65. The molecule has 2 fully saturated rings. The number of benzene rings is 1. The van der Waals surface area contributed by atoms with Crippen LogP contribution in [0.2, 0.25) is 0 Å². The van der Waals surface area contributed by atoms with Crippen LogP contribution in [-0.4, -0.2) is 44.8 Å². The van der Waals surface area contributed by atoms with E-state index in [4.69, 9.17) is 0 Å². The van der Waals surface area contributed by atoms with Crippen LogP contribution in [0.15, 0.2) is 61.1 Å². The van der Waals surface area contributed by atoms with E-state index in [-0.39, 0.29) is 0 Å². The van der Waals surface area contributed by atoms with Crippen molar-refractivity contribution in [2.45, 2.75) is 44.7 Å². The fraction of sp³-hybridized carbons (Fsp3) is 0.417. The Kier molecular flexibility index (Phi) is 4.84. The Hall–Kier alpha value is -2.66. The van der Waals surface area contributed by atoms with Crippen LogP contribution in [0, 0.1) is 6.92 Å². The van der Waals surface area contributed by atoms with Gasteiger partial charge in [0.1, 0.15) is 5.82 Å². The summed E-state index contributed by atoms with van der Waals surface area (Å²) in [6, 6.07) is 14.6. The van der Waals surface area contributed by atoms with Crippen molar-refractivity contribution in [3.05, 3.63) is 72.2 Å². The normalized spacial score (nSPS) is 19.1. The third kappa shape index (κ3) is 3.55. The second-order valence-electron chi connectivity index (χ2n) is 8.50. The van der Waals surface area contributed by atoms with Gasteiger partial charge in [0.05, 0.1) is 11.9 Å². The second kappa shape index (κ2) is 7.64. The van der Waals surface area contributed by atoms with Crippen molar-refractivity contribution in [3.8, 4) is 5.69 Å². The Bertz CT molecular complexity index is 956. The number of anilines is 1. The van der Waals surface area contributed by atoms with Crippen LogP contribution in [0.25, 0.3) is 5.69 Å². The Morgan fingerprint density at radius 3 is 2.59 bits per heavy atom. The van der Waals surface area contributed by atoms with Gasteiger partial charge >= 0.3 is 0 Å². The fourth-order valence-electron chi connectivity index (χ4n) is 5.11. The first-order valence-electron chi connectivity index (χ1n) is 10.7. The average Bonchev–Trinajstić information content (AvgIpc) is 3.38. The third-order valence-corrected chi connectivity index (χ3v) is 6.78. The molecule has 1 spiro atoms. The Morgan fingerprint density at radius 1 is 0.966 bits per heavy atom. The molecule has 5 rings (SSSR count). The highest BCUT2D eigenvalue weighted by molar-refractivity contribution is 5.40. The van der Waals surface area contributed by atoms with Gasteiger partial charge in [-0.1, -0.05) is 24.3 Å². The summed E-state index contributed by atoms with van der Waals surface area (Å²) in [7, 11) is 0. The van der Waals surface area contributed by atoms with E-state index in [1.165, 1.54) is 49.0 Å². The Morgan fingerprint density at radius 2 is 1.79 bits per heavy atom. The van der Waals surface area contributed by atoms with Crippen LogP contribution in [-0.2, 0) is 6.54 Å². The molecule has 150 valence electrons. The highest BCUT2D eigenvalue weighted by Crippen LogP contribution is 2.40. The van der Waals surface area contributed by atoms with Crippen LogP contribution in [0.1, 0.15) is 36.8 Å². The predicted octanol–water partition coefficient (Wildman–Crippen LogP) is 4.21. The number of para-hydroxylation sites is 1. The van der Waals surface area contributed by atoms with E-state index in [1.807, 2.05) is 23.1 Å². The van der Waals surface area contributed by atoms with E-state index in [2.05, 4.69) is 69.4 Å². The molecule has 3 aromatic rings. The second-order valence-corrected chi connectivity index (χ2v) is 8.50. The van der Waals surface area contributed by atoms with E-state index in [0.717, 1.165) is 25.5 Å². The number of likely N-dealkylation sites (tertiary alicyclic amines) is 1. The lowest BCUT2D eigenvalue weighted by atomic mass is 9.84. The van der Waals surface area contributed by atoms with Gasteiger partial charge in [0, 0.05) is 43.1 Å². The molecule has 0 radical (unpaired) electrons. The van der Waals surface area contributed by atoms with Gasteiger partial charge in [0.15, 0.2) is 0 Å². The van der Waals surface area contributed by atoms with Gasteiger partial charge in [0.2, 0.25) is 0 Å². The average molecular weight is 388 g/mol. The molecule has 0 atom stereocenters. The van der Waals surface area contributed by atoms with Crippen LogP contribution in [0.4, 0.5) is 5.82 Å². The summed E-state index contributed by atoms with van der Waals surface area (Å²) in [5.74, 6) is 1.12. The standard InChI is InChI=1S/C24H29N5/c1-20-7-2-3-8-22(20)29-19-21(17-26-29)18-28-14-6-10-24(28)11-15-27(16-12-24)23-9-4-5-13-25-23/h2-5,7-9,13,17,19H,6,10-12,14-16,18H2,1H3. The molecule has 0 N–H and O–H groups in total. The molecule has 0 bridgehead atoms. The van der Waals surface area contributed by atoms with Crippen molar-refractivity contribution in [1.29, 1.82) is 0 Å². The molecule has 5 heteroatoms. The fourth-order valence-corrected chi connectivity index (χ4v) is 5.11. The third-order valence-electron chi connectivity index (χ3n) is 6.78. The van der Waals surface area contributed by atoms with Gasteiger partial charge in [0.25, 0.3) is 0 Å². The number of pyridine rings is 1. The number of hydrogen-bond acceptors (Lipinski definition) is 4. The van der Waals surface area contributed by atoms with Crippen molar-refractivity contribution >= 4 is 5.82 Å². The monoisotopic (exact) mass is 387 g/mol. The first-order chi connectivity index (χ1) is 14.2. The molecule has 0 unspecified atom stereocenters. The first-order valence-corrected chi connectivity index (χ1v) is 10.7. The Labute approximate surface area is 173 Å². The van der Waals surface area contributed by atoms with Crippen molar-refractivity contribution in [2.24, 2.45) is 0 Å². The van der Waals surface area contributed by atoms with Crippen molar-refractivity contribution < 1.29 is 0 Å². The van der Waals surface area contributed by atoms with Gasteiger partial charge in [-0.2, -0.15) is 5.10 Å². The topological polar surface area (TPSA) is 37.2 Å². The predicted molar refractivity (Wildman–Crippen MR) is 116 cm³/mol. The van der Waals surface area contributed by atoms with E-state index in [9.17, 15) is 0 Å². The van der Waals surface area contributed by atoms with E-state index >= 15 is 0 Å². The van der Waals surface area contributed by atoms with Crippen LogP contribution in [0.5, 0.6) is 0 Å². The summed E-state index contributed by atoms with van der Waals surface area (Å²) < 4.78 is 2.02. The van der Waals surface area contributed by atoms with Gasteiger partial charge in [-0.05, 0) is 62.9 Å². The number of aryl methyl sites for hydroxylation is 1. The number of hydrogen-bond donors (Lipinski definition) is 0.